The van der Waals surface area contributed by atoms with Crippen LogP contribution in [0.15, 0.2) is 24.3 Å². The fourth-order valence-electron chi connectivity index (χ4n) is 2.04. The highest BCUT2D eigenvalue weighted by Gasteiger charge is 2.23. The van der Waals surface area contributed by atoms with Gasteiger partial charge in [-0.15, -0.1) is 0 Å². The summed E-state index contributed by atoms with van der Waals surface area (Å²) in [6, 6.07) is 7.35. The van der Waals surface area contributed by atoms with E-state index in [9.17, 15) is 9.59 Å². The average Bonchev–Trinajstić information content (AvgIpc) is 3.30. The fourth-order valence-corrected chi connectivity index (χ4v) is 2.04. The molecule has 2 rings (SSSR count). The Bertz CT molecular complexity index is 529. The lowest BCUT2D eigenvalue weighted by molar-refractivity contribution is -0.120. The van der Waals surface area contributed by atoms with Gasteiger partial charge in [-0.2, -0.15) is 0 Å². The molecule has 1 fully saturated rings. The standard InChI is InChI=1S/C16H23N3O3/c1-3-22-14-6-4-5-12(9-14)11(2)18-16(21)17-10-15(20)19-13-7-8-13/h4-6,9,11,13H,3,7-8,10H2,1-2H3,(H,19,20)(H2,17,18,21). The topological polar surface area (TPSA) is 79.5 Å². The minimum absolute atomic E-state index is 0.00591. The molecule has 1 aliphatic rings. The van der Waals surface area contributed by atoms with Gasteiger partial charge in [-0.1, -0.05) is 12.1 Å². The van der Waals surface area contributed by atoms with E-state index in [2.05, 4.69) is 16.0 Å². The maximum atomic E-state index is 11.8. The van der Waals surface area contributed by atoms with Crippen LogP contribution in [0.2, 0.25) is 0 Å². The van der Waals surface area contributed by atoms with Crippen molar-refractivity contribution in [3.63, 3.8) is 0 Å². The van der Waals surface area contributed by atoms with Crippen LogP contribution >= 0.6 is 0 Å². The van der Waals surface area contributed by atoms with Crippen molar-refractivity contribution in [1.29, 1.82) is 0 Å². The molecule has 0 bridgehead atoms. The summed E-state index contributed by atoms with van der Waals surface area (Å²) < 4.78 is 5.44. The van der Waals surface area contributed by atoms with E-state index in [4.69, 9.17) is 4.74 Å². The zero-order valence-corrected chi connectivity index (χ0v) is 13.0. The quantitative estimate of drug-likeness (QED) is 0.717. The van der Waals surface area contributed by atoms with Gasteiger partial charge in [0.1, 0.15) is 5.75 Å². The van der Waals surface area contributed by atoms with Gasteiger partial charge in [-0.25, -0.2) is 4.79 Å². The van der Waals surface area contributed by atoms with Crippen molar-refractivity contribution >= 4 is 11.9 Å². The molecule has 0 saturated heterocycles. The summed E-state index contributed by atoms with van der Waals surface area (Å²) in [6.07, 6.45) is 2.07. The van der Waals surface area contributed by atoms with E-state index in [-0.39, 0.29) is 24.5 Å². The normalized spacial score (nSPS) is 14.8. The smallest absolute Gasteiger partial charge is 0.315 e. The summed E-state index contributed by atoms with van der Waals surface area (Å²) in [7, 11) is 0. The first-order chi connectivity index (χ1) is 10.6. The van der Waals surface area contributed by atoms with E-state index >= 15 is 0 Å². The third-order valence-corrected chi connectivity index (χ3v) is 3.37. The third kappa shape index (κ3) is 5.27. The van der Waals surface area contributed by atoms with E-state index in [1.165, 1.54) is 0 Å². The van der Waals surface area contributed by atoms with Gasteiger partial charge in [0.2, 0.25) is 5.91 Å². The van der Waals surface area contributed by atoms with Crippen molar-refractivity contribution in [2.45, 2.75) is 38.8 Å². The molecular formula is C16H23N3O3. The summed E-state index contributed by atoms with van der Waals surface area (Å²) in [5.41, 5.74) is 0.948. The Morgan fingerprint density at radius 1 is 1.36 bits per heavy atom. The van der Waals surface area contributed by atoms with Crippen LogP contribution in [0.3, 0.4) is 0 Å². The van der Waals surface area contributed by atoms with Crippen LogP contribution in [0.4, 0.5) is 4.79 Å². The van der Waals surface area contributed by atoms with Gasteiger partial charge in [0, 0.05) is 6.04 Å². The molecule has 22 heavy (non-hydrogen) atoms. The highest BCUT2D eigenvalue weighted by molar-refractivity contribution is 5.84. The molecule has 0 heterocycles. The van der Waals surface area contributed by atoms with Crippen LogP contribution in [0.25, 0.3) is 0 Å². The maximum Gasteiger partial charge on any atom is 0.315 e. The third-order valence-electron chi connectivity index (χ3n) is 3.37. The highest BCUT2D eigenvalue weighted by Crippen LogP contribution is 2.19. The van der Waals surface area contributed by atoms with Crippen LogP contribution in [0, 0.1) is 0 Å². The van der Waals surface area contributed by atoms with Crippen molar-refractivity contribution < 1.29 is 14.3 Å². The van der Waals surface area contributed by atoms with Gasteiger partial charge in [-0.3, -0.25) is 4.79 Å². The number of ether oxygens (including phenoxy) is 1. The van der Waals surface area contributed by atoms with Gasteiger partial charge < -0.3 is 20.7 Å². The molecule has 0 spiro atoms. The molecule has 6 heteroatoms. The van der Waals surface area contributed by atoms with Crippen LogP contribution in [-0.4, -0.2) is 31.1 Å². The fraction of sp³-hybridized carbons (Fsp3) is 0.500. The largest absolute Gasteiger partial charge is 0.494 e. The minimum atomic E-state index is -0.361. The Labute approximate surface area is 130 Å². The van der Waals surface area contributed by atoms with Crippen molar-refractivity contribution in [3.05, 3.63) is 29.8 Å². The van der Waals surface area contributed by atoms with E-state index < -0.39 is 0 Å². The average molecular weight is 305 g/mol. The molecular weight excluding hydrogens is 282 g/mol. The molecule has 6 nitrogen and oxygen atoms in total. The Balaban J connectivity index is 1.77. The molecule has 3 N–H and O–H groups in total. The SMILES string of the molecule is CCOc1cccc(C(C)NC(=O)NCC(=O)NC2CC2)c1. The Morgan fingerprint density at radius 2 is 2.14 bits per heavy atom. The second-order valence-electron chi connectivity index (χ2n) is 5.40. The molecule has 120 valence electrons. The van der Waals surface area contributed by atoms with Gasteiger partial charge in [-0.05, 0) is 44.4 Å². The van der Waals surface area contributed by atoms with Crippen LogP contribution in [0.5, 0.6) is 5.75 Å². The van der Waals surface area contributed by atoms with E-state index in [0.29, 0.717) is 12.6 Å². The first-order valence-corrected chi connectivity index (χ1v) is 7.65. The van der Waals surface area contributed by atoms with Crippen molar-refractivity contribution in [1.82, 2.24) is 16.0 Å². The molecule has 1 aromatic carbocycles. The lowest BCUT2D eigenvalue weighted by Gasteiger charge is -2.16. The van der Waals surface area contributed by atoms with E-state index in [1.54, 1.807) is 0 Å². The predicted molar refractivity (Wildman–Crippen MR) is 83.7 cm³/mol. The summed E-state index contributed by atoms with van der Waals surface area (Å²) >= 11 is 0. The molecule has 1 saturated carbocycles. The number of urea groups is 1. The van der Waals surface area contributed by atoms with Gasteiger partial charge in [0.15, 0.2) is 0 Å². The first kappa shape index (κ1) is 16.1. The number of hydrogen-bond acceptors (Lipinski definition) is 3. The van der Waals surface area contributed by atoms with Crippen molar-refractivity contribution in [2.24, 2.45) is 0 Å². The lowest BCUT2D eigenvalue weighted by atomic mass is 10.1. The summed E-state index contributed by atoms with van der Waals surface area (Å²) in [6.45, 7) is 4.40. The zero-order valence-electron chi connectivity index (χ0n) is 13.0. The number of hydrogen-bond donors (Lipinski definition) is 3. The molecule has 1 aliphatic carbocycles. The van der Waals surface area contributed by atoms with Crippen molar-refractivity contribution in [2.75, 3.05) is 13.2 Å². The van der Waals surface area contributed by atoms with Crippen LogP contribution in [0.1, 0.15) is 38.3 Å². The molecule has 0 radical (unpaired) electrons. The van der Waals surface area contributed by atoms with Gasteiger partial charge >= 0.3 is 6.03 Å². The highest BCUT2D eigenvalue weighted by atomic mass is 16.5. The zero-order chi connectivity index (χ0) is 15.9. The van der Waals surface area contributed by atoms with Gasteiger partial charge in [0.25, 0.3) is 0 Å². The molecule has 3 amide bonds. The van der Waals surface area contributed by atoms with E-state index in [0.717, 1.165) is 24.2 Å². The molecule has 0 aromatic heterocycles. The lowest BCUT2D eigenvalue weighted by Crippen LogP contribution is -2.43. The number of rotatable bonds is 7. The number of benzene rings is 1. The summed E-state index contributed by atoms with van der Waals surface area (Å²) in [5, 5.41) is 8.18. The van der Waals surface area contributed by atoms with Gasteiger partial charge in [0.05, 0.1) is 19.2 Å². The number of nitrogens with one attached hydrogen (secondary N) is 3. The Hall–Kier alpha value is -2.24. The Morgan fingerprint density at radius 3 is 2.82 bits per heavy atom. The molecule has 1 unspecified atom stereocenters. The molecule has 1 atom stereocenters. The van der Waals surface area contributed by atoms with E-state index in [1.807, 2.05) is 38.1 Å². The maximum absolute atomic E-state index is 11.8. The Kier molecular flexibility index (Phi) is 5.63. The first-order valence-electron chi connectivity index (χ1n) is 7.65. The molecule has 1 aromatic rings. The number of amides is 3. The molecule has 0 aliphatic heterocycles. The second kappa shape index (κ2) is 7.68. The second-order valence-corrected chi connectivity index (χ2v) is 5.40. The summed E-state index contributed by atoms with van der Waals surface area (Å²) in [4.78, 5) is 23.3. The minimum Gasteiger partial charge on any atom is -0.494 e. The summed E-state index contributed by atoms with van der Waals surface area (Å²) in [5.74, 6) is 0.626. The van der Waals surface area contributed by atoms with Crippen molar-refractivity contribution in [3.8, 4) is 5.75 Å². The number of carbonyl (C=O) groups is 2. The monoisotopic (exact) mass is 305 g/mol. The van der Waals surface area contributed by atoms with Crippen LogP contribution in [-0.2, 0) is 4.79 Å². The number of carbonyl (C=O) groups excluding carboxylic acids is 2. The van der Waals surface area contributed by atoms with Crippen LogP contribution < -0.4 is 20.7 Å². The predicted octanol–water partition coefficient (Wildman–Crippen LogP) is 1.72.